The zero-order chi connectivity index (χ0) is 32.8. The number of non-ortho nitro benzene ring substituents is 1. The number of nitro benzene ring substituents is 1. The number of ether oxygens (including phenoxy) is 3. The first-order chi connectivity index (χ1) is 22.8. The molecule has 1 amide bonds. The van der Waals surface area contributed by atoms with Crippen molar-refractivity contribution >= 4 is 29.0 Å². The zero-order valence-corrected chi connectivity index (χ0v) is 25.0. The SMILES string of the molecule is O=C(COC(=O)[C@@H]1CC(=O)N(c2ccc(Oc3ccccc3-c3ccccc3)cc2)C1)c1ccc(Oc2ccc([N+](=O)[O-])cc2)cc1. The summed E-state index contributed by atoms with van der Waals surface area (Å²) in [4.78, 5) is 50.1. The minimum atomic E-state index is -0.707. The maximum atomic E-state index is 12.8. The molecule has 1 fully saturated rings. The van der Waals surface area contributed by atoms with Gasteiger partial charge in [-0.2, -0.15) is 0 Å². The molecule has 1 aliphatic rings. The number of carbonyl (C=O) groups is 3. The van der Waals surface area contributed by atoms with Crippen molar-refractivity contribution in [3.63, 3.8) is 0 Å². The number of benzene rings is 5. The van der Waals surface area contributed by atoms with Crippen molar-refractivity contribution in [2.75, 3.05) is 18.1 Å². The van der Waals surface area contributed by atoms with Gasteiger partial charge in [0.2, 0.25) is 5.91 Å². The van der Waals surface area contributed by atoms with Gasteiger partial charge in [-0.15, -0.1) is 0 Å². The number of para-hydroxylation sites is 1. The third kappa shape index (κ3) is 7.34. The summed E-state index contributed by atoms with van der Waals surface area (Å²) in [5.74, 6) is 0.171. The molecule has 1 saturated heterocycles. The Balaban J connectivity index is 1.01. The predicted molar refractivity (Wildman–Crippen MR) is 174 cm³/mol. The highest BCUT2D eigenvalue weighted by Crippen LogP contribution is 2.34. The van der Waals surface area contributed by atoms with Crippen LogP contribution in [0, 0.1) is 16.0 Å². The number of ketones is 1. The molecule has 0 bridgehead atoms. The average molecular weight is 629 g/mol. The van der Waals surface area contributed by atoms with E-state index in [9.17, 15) is 24.5 Å². The summed E-state index contributed by atoms with van der Waals surface area (Å²) in [6.07, 6.45) is -0.0234. The standard InChI is InChI=1S/C37H28N2O8/c40-34(26-10-16-30(17-11-26)46-31-20-14-29(15-21-31)39(43)44)24-45-37(42)27-22-36(41)38(23-27)28-12-18-32(19-13-28)47-35-9-5-4-8-33(35)25-6-2-1-3-7-25/h1-21,27H,22-24H2/t27-/m1/s1. The van der Waals surface area contributed by atoms with Crippen LogP contribution in [-0.2, 0) is 14.3 Å². The Morgan fingerprint density at radius 1 is 0.745 bits per heavy atom. The first-order valence-corrected chi connectivity index (χ1v) is 14.8. The lowest BCUT2D eigenvalue weighted by Gasteiger charge is -2.17. The molecule has 10 heteroatoms. The van der Waals surface area contributed by atoms with Crippen LogP contribution in [0.25, 0.3) is 11.1 Å². The molecule has 0 spiro atoms. The molecule has 0 radical (unpaired) electrons. The number of anilines is 1. The molecule has 0 unspecified atom stereocenters. The van der Waals surface area contributed by atoms with Crippen LogP contribution in [0.4, 0.5) is 11.4 Å². The van der Waals surface area contributed by atoms with Crippen LogP contribution in [0.2, 0.25) is 0 Å². The van der Waals surface area contributed by atoms with Crippen molar-refractivity contribution < 1.29 is 33.5 Å². The van der Waals surface area contributed by atoms with Gasteiger partial charge in [0.15, 0.2) is 12.4 Å². The Hall–Kier alpha value is -6.29. The molecule has 234 valence electrons. The maximum absolute atomic E-state index is 12.8. The van der Waals surface area contributed by atoms with E-state index in [-0.39, 0.29) is 24.6 Å². The fourth-order valence-corrected chi connectivity index (χ4v) is 5.17. The van der Waals surface area contributed by atoms with E-state index < -0.39 is 29.2 Å². The van der Waals surface area contributed by atoms with Crippen LogP contribution >= 0.6 is 0 Å². The number of Topliss-reactive ketones (excluding diaryl/α,β-unsaturated/α-hetero) is 1. The zero-order valence-electron chi connectivity index (χ0n) is 25.0. The van der Waals surface area contributed by atoms with E-state index in [1.54, 1.807) is 36.4 Å². The fourth-order valence-electron chi connectivity index (χ4n) is 5.17. The minimum absolute atomic E-state index is 0.0234. The molecular formula is C37H28N2O8. The number of esters is 1. The molecule has 6 rings (SSSR count). The summed E-state index contributed by atoms with van der Waals surface area (Å²) in [5, 5.41) is 10.8. The molecular weight excluding hydrogens is 600 g/mol. The van der Waals surface area contributed by atoms with E-state index in [2.05, 4.69) is 0 Å². The van der Waals surface area contributed by atoms with Crippen molar-refractivity contribution in [2.24, 2.45) is 5.92 Å². The van der Waals surface area contributed by atoms with Gasteiger partial charge in [-0.3, -0.25) is 24.5 Å². The van der Waals surface area contributed by atoms with E-state index in [1.165, 1.54) is 41.3 Å². The Morgan fingerprint density at radius 3 is 2.02 bits per heavy atom. The maximum Gasteiger partial charge on any atom is 0.311 e. The van der Waals surface area contributed by atoms with Crippen LogP contribution in [0.5, 0.6) is 23.0 Å². The second-order valence-electron chi connectivity index (χ2n) is 10.8. The van der Waals surface area contributed by atoms with Crippen LogP contribution in [0.15, 0.2) is 127 Å². The highest BCUT2D eigenvalue weighted by molar-refractivity contribution is 6.01. The first-order valence-electron chi connectivity index (χ1n) is 14.8. The minimum Gasteiger partial charge on any atom is -0.457 e. The summed E-state index contributed by atoms with van der Waals surface area (Å²) < 4.78 is 17.1. The molecule has 1 atom stereocenters. The van der Waals surface area contributed by atoms with Crippen molar-refractivity contribution in [3.8, 4) is 34.1 Å². The van der Waals surface area contributed by atoms with E-state index in [1.807, 2.05) is 54.6 Å². The predicted octanol–water partition coefficient (Wildman–Crippen LogP) is 7.63. The monoisotopic (exact) mass is 628 g/mol. The van der Waals surface area contributed by atoms with Crippen LogP contribution in [0.3, 0.4) is 0 Å². The molecule has 0 N–H and O–H groups in total. The fraction of sp³-hybridized carbons (Fsp3) is 0.108. The number of nitro groups is 1. The van der Waals surface area contributed by atoms with Gasteiger partial charge in [-0.25, -0.2) is 0 Å². The third-order valence-corrected chi connectivity index (χ3v) is 7.61. The van der Waals surface area contributed by atoms with Crippen LogP contribution in [0.1, 0.15) is 16.8 Å². The second-order valence-corrected chi connectivity index (χ2v) is 10.8. The molecule has 5 aromatic carbocycles. The molecule has 0 aliphatic carbocycles. The molecule has 10 nitrogen and oxygen atoms in total. The van der Waals surface area contributed by atoms with Gasteiger partial charge in [0.25, 0.3) is 5.69 Å². The average Bonchev–Trinajstić information content (AvgIpc) is 3.50. The Morgan fingerprint density at radius 2 is 1.34 bits per heavy atom. The van der Waals surface area contributed by atoms with E-state index in [0.717, 1.165) is 11.1 Å². The molecule has 5 aromatic rings. The number of rotatable bonds is 11. The lowest BCUT2D eigenvalue weighted by Crippen LogP contribution is -2.27. The molecule has 1 aliphatic heterocycles. The highest BCUT2D eigenvalue weighted by atomic mass is 16.6. The lowest BCUT2D eigenvalue weighted by atomic mass is 10.0. The lowest BCUT2D eigenvalue weighted by molar-refractivity contribution is -0.384. The topological polar surface area (TPSA) is 125 Å². The summed E-state index contributed by atoms with van der Waals surface area (Å²) >= 11 is 0. The summed E-state index contributed by atoms with van der Waals surface area (Å²) in [7, 11) is 0. The number of amides is 1. The van der Waals surface area contributed by atoms with Crippen LogP contribution < -0.4 is 14.4 Å². The first kappa shape index (κ1) is 30.7. The number of nitrogens with zero attached hydrogens (tertiary/aromatic N) is 2. The number of carbonyl (C=O) groups excluding carboxylic acids is 3. The Kier molecular flexibility index (Phi) is 9.01. The van der Waals surface area contributed by atoms with Gasteiger partial charge in [-0.05, 0) is 72.3 Å². The second kappa shape index (κ2) is 13.8. The number of hydrogen-bond donors (Lipinski definition) is 0. The van der Waals surface area contributed by atoms with Crippen LogP contribution in [-0.4, -0.2) is 35.7 Å². The Bertz CT molecular complexity index is 1910. The summed E-state index contributed by atoms with van der Waals surface area (Å²) in [6, 6.07) is 36.6. The van der Waals surface area contributed by atoms with Gasteiger partial charge in [0.05, 0.1) is 10.8 Å². The normalized spacial score (nSPS) is 14.0. The van der Waals surface area contributed by atoms with Gasteiger partial charge in [0, 0.05) is 41.9 Å². The van der Waals surface area contributed by atoms with Gasteiger partial charge >= 0.3 is 5.97 Å². The quantitative estimate of drug-likeness (QED) is 0.0633. The van der Waals surface area contributed by atoms with E-state index in [0.29, 0.717) is 34.2 Å². The molecule has 0 aromatic heterocycles. The van der Waals surface area contributed by atoms with E-state index in [4.69, 9.17) is 14.2 Å². The van der Waals surface area contributed by atoms with Gasteiger partial charge in [-0.1, -0.05) is 48.5 Å². The molecule has 47 heavy (non-hydrogen) atoms. The largest absolute Gasteiger partial charge is 0.457 e. The van der Waals surface area contributed by atoms with Crippen molar-refractivity contribution in [3.05, 3.63) is 143 Å². The van der Waals surface area contributed by atoms with E-state index >= 15 is 0 Å². The summed E-state index contributed by atoms with van der Waals surface area (Å²) in [5.41, 5.74) is 2.88. The van der Waals surface area contributed by atoms with Crippen molar-refractivity contribution in [1.82, 2.24) is 0 Å². The number of hydrogen-bond acceptors (Lipinski definition) is 8. The molecule has 1 heterocycles. The smallest absolute Gasteiger partial charge is 0.311 e. The summed E-state index contributed by atoms with van der Waals surface area (Å²) in [6.45, 7) is -0.333. The van der Waals surface area contributed by atoms with Gasteiger partial charge in [0.1, 0.15) is 23.0 Å². The van der Waals surface area contributed by atoms with Crippen molar-refractivity contribution in [1.29, 1.82) is 0 Å². The third-order valence-electron chi connectivity index (χ3n) is 7.61. The highest BCUT2D eigenvalue weighted by Gasteiger charge is 2.36. The molecule has 0 saturated carbocycles. The van der Waals surface area contributed by atoms with Crippen molar-refractivity contribution in [2.45, 2.75) is 6.42 Å². The van der Waals surface area contributed by atoms with Gasteiger partial charge < -0.3 is 19.1 Å². The Labute approximate surface area is 269 Å².